The van der Waals surface area contributed by atoms with Crippen molar-refractivity contribution in [2.45, 2.75) is 45.6 Å². The Bertz CT molecular complexity index is 857. The lowest BCUT2D eigenvalue weighted by Gasteiger charge is -2.30. The average molecular weight is 415 g/mol. The maximum Gasteiger partial charge on any atom is 0.139 e. The zero-order valence-electron chi connectivity index (χ0n) is 17.9. The van der Waals surface area contributed by atoms with Gasteiger partial charge in [0, 0.05) is 31.0 Å². The van der Waals surface area contributed by atoms with E-state index in [-0.39, 0.29) is 0 Å². The molecule has 156 valence electrons. The monoisotopic (exact) mass is 414 g/mol. The molecule has 0 bridgehead atoms. The van der Waals surface area contributed by atoms with E-state index in [4.69, 9.17) is 16.3 Å². The molecule has 0 aliphatic heterocycles. The van der Waals surface area contributed by atoms with Gasteiger partial charge in [0.25, 0.3) is 0 Å². The van der Waals surface area contributed by atoms with Crippen LogP contribution in [0, 0.1) is 23.7 Å². The zero-order valence-corrected chi connectivity index (χ0v) is 18.6. The molecule has 2 heterocycles. The highest BCUT2D eigenvalue weighted by Crippen LogP contribution is 2.30. The molecule has 1 saturated carbocycles. The van der Waals surface area contributed by atoms with Crippen molar-refractivity contribution < 1.29 is 4.74 Å². The van der Waals surface area contributed by atoms with Crippen LogP contribution in [0.25, 0.3) is 0 Å². The number of ether oxygens (including phenoxy) is 1. The van der Waals surface area contributed by atoms with Gasteiger partial charge in [0.2, 0.25) is 0 Å². The fraction of sp³-hybridized carbons (Fsp3) is 0.565. The van der Waals surface area contributed by atoms with Gasteiger partial charge in [-0.15, -0.1) is 0 Å². The lowest BCUT2D eigenvalue weighted by atomic mass is 9.82. The summed E-state index contributed by atoms with van der Waals surface area (Å²) in [4.78, 5) is 6.46. The SMILES string of the molecule is CC(C)n1cc(C#Cc2cnc(Cl)cc2OCC2CCC(CN(C)C)CC2)cn1. The third-order valence-corrected chi connectivity index (χ3v) is 5.58. The third kappa shape index (κ3) is 6.48. The zero-order chi connectivity index (χ0) is 20.8. The molecule has 2 aromatic heterocycles. The Morgan fingerprint density at radius 2 is 1.90 bits per heavy atom. The summed E-state index contributed by atoms with van der Waals surface area (Å²) in [5.41, 5.74) is 1.63. The van der Waals surface area contributed by atoms with Crippen LogP contribution in [0.3, 0.4) is 0 Å². The Hall–Kier alpha value is -2.03. The van der Waals surface area contributed by atoms with E-state index in [9.17, 15) is 0 Å². The fourth-order valence-electron chi connectivity index (χ4n) is 3.76. The largest absolute Gasteiger partial charge is 0.492 e. The van der Waals surface area contributed by atoms with Crippen LogP contribution in [0.4, 0.5) is 0 Å². The molecule has 0 unspecified atom stereocenters. The number of aromatic nitrogens is 3. The number of nitrogens with zero attached hydrogens (tertiary/aromatic N) is 4. The van der Waals surface area contributed by atoms with Crippen molar-refractivity contribution in [2.75, 3.05) is 27.2 Å². The van der Waals surface area contributed by atoms with E-state index in [1.165, 1.54) is 32.2 Å². The molecule has 0 N–H and O–H groups in total. The standard InChI is InChI=1S/C23H31ClN4O/c1-17(2)28-15-20(12-26-28)9-10-21-13-25-23(24)11-22(21)29-16-19-7-5-18(6-8-19)14-27(3)4/h11-13,15,17-19H,5-8,14,16H2,1-4H3. The van der Waals surface area contributed by atoms with Gasteiger partial charge in [0.15, 0.2) is 0 Å². The molecule has 5 nitrogen and oxygen atoms in total. The van der Waals surface area contributed by atoms with Gasteiger partial charge >= 0.3 is 0 Å². The molecule has 0 atom stereocenters. The molecule has 0 spiro atoms. The van der Waals surface area contributed by atoms with E-state index in [1.807, 2.05) is 10.9 Å². The summed E-state index contributed by atoms with van der Waals surface area (Å²) in [5.74, 6) is 8.44. The first-order chi connectivity index (χ1) is 13.9. The van der Waals surface area contributed by atoms with Crippen LogP contribution in [0.2, 0.25) is 5.15 Å². The van der Waals surface area contributed by atoms with Crippen molar-refractivity contribution in [1.82, 2.24) is 19.7 Å². The molecule has 3 rings (SSSR count). The molecule has 2 aromatic rings. The second kappa shape index (κ2) is 10.1. The van der Waals surface area contributed by atoms with Crippen molar-refractivity contribution >= 4 is 11.6 Å². The first-order valence-corrected chi connectivity index (χ1v) is 10.8. The van der Waals surface area contributed by atoms with E-state index in [1.54, 1.807) is 18.5 Å². The van der Waals surface area contributed by atoms with Gasteiger partial charge in [0.05, 0.1) is 23.9 Å². The van der Waals surface area contributed by atoms with Gasteiger partial charge in [-0.05, 0) is 65.5 Å². The van der Waals surface area contributed by atoms with Gasteiger partial charge in [-0.25, -0.2) is 4.98 Å². The number of hydrogen-bond donors (Lipinski definition) is 0. The van der Waals surface area contributed by atoms with Crippen LogP contribution >= 0.6 is 11.6 Å². The van der Waals surface area contributed by atoms with Crippen LogP contribution < -0.4 is 4.74 Å². The van der Waals surface area contributed by atoms with Crippen LogP contribution in [0.1, 0.15) is 56.7 Å². The Balaban J connectivity index is 1.62. The molecule has 1 aliphatic rings. The molecule has 0 saturated heterocycles. The van der Waals surface area contributed by atoms with Gasteiger partial charge < -0.3 is 9.64 Å². The second-order valence-corrected chi connectivity index (χ2v) is 8.90. The lowest BCUT2D eigenvalue weighted by molar-refractivity contribution is 0.166. The highest BCUT2D eigenvalue weighted by molar-refractivity contribution is 6.29. The molecule has 6 heteroatoms. The Morgan fingerprint density at radius 1 is 1.17 bits per heavy atom. The van der Waals surface area contributed by atoms with Crippen LogP contribution in [0.15, 0.2) is 24.7 Å². The molecular weight excluding hydrogens is 384 g/mol. The van der Waals surface area contributed by atoms with Gasteiger partial charge in [0.1, 0.15) is 10.9 Å². The first-order valence-electron chi connectivity index (χ1n) is 10.4. The van der Waals surface area contributed by atoms with Gasteiger partial charge in [-0.1, -0.05) is 23.4 Å². The van der Waals surface area contributed by atoms with E-state index in [0.29, 0.717) is 29.5 Å². The minimum absolute atomic E-state index is 0.314. The Labute approximate surface area is 179 Å². The van der Waals surface area contributed by atoms with Crippen LogP contribution in [-0.4, -0.2) is 46.9 Å². The summed E-state index contributed by atoms with van der Waals surface area (Å²) in [6.07, 6.45) is 10.4. The minimum atomic E-state index is 0.314. The van der Waals surface area contributed by atoms with Gasteiger partial charge in [-0.2, -0.15) is 5.10 Å². The maximum atomic E-state index is 6.15. The predicted octanol–water partition coefficient (Wildman–Crippen LogP) is 4.66. The van der Waals surface area contributed by atoms with Crippen LogP contribution in [0.5, 0.6) is 5.75 Å². The summed E-state index contributed by atoms with van der Waals surface area (Å²) in [5, 5.41) is 4.75. The molecule has 1 aliphatic carbocycles. The molecule has 29 heavy (non-hydrogen) atoms. The van der Waals surface area contributed by atoms with Crippen molar-refractivity contribution in [3.8, 4) is 17.6 Å². The molecule has 1 fully saturated rings. The predicted molar refractivity (Wildman–Crippen MR) is 117 cm³/mol. The molecule has 0 radical (unpaired) electrons. The summed E-state index contributed by atoms with van der Waals surface area (Å²) in [7, 11) is 4.30. The third-order valence-electron chi connectivity index (χ3n) is 5.37. The summed E-state index contributed by atoms with van der Waals surface area (Å²) in [6.45, 7) is 6.07. The van der Waals surface area contributed by atoms with E-state index in [2.05, 4.69) is 54.8 Å². The number of rotatable bonds is 6. The summed E-state index contributed by atoms with van der Waals surface area (Å²) < 4.78 is 8.04. The lowest BCUT2D eigenvalue weighted by Crippen LogP contribution is -2.27. The number of halogens is 1. The number of pyridine rings is 1. The quantitative estimate of drug-likeness (QED) is 0.509. The summed E-state index contributed by atoms with van der Waals surface area (Å²) >= 11 is 6.10. The molecule has 0 amide bonds. The van der Waals surface area contributed by atoms with Gasteiger partial charge in [-0.3, -0.25) is 4.68 Å². The summed E-state index contributed by atoms with van der Waals surface area (Å²) in [6, 6.07) is 2.08. The van der Waals surface area contributed by atoms with E-state index >= 15 is 0 Å². The van der Waals surface area contributed by atoms with Crippen LogP contribution in [-0.2, 0) is 0 Å². The second-order valence-electron chi connectivity index (χ2n) is 8.52. The van der Waals surface area contributed by atoms with E-state index < -0.39 is 0 Å². The Morgan fingerprint density at radius 3 is 2.55 bits per heavy atom. The van der Waals surface area contributed by atoms with E-state index in [0.717, 1.165) is 17.0 Å². The molecular formula is C23H31ClN4O. The van der Waals surface area contributed by atoms with Crippen molar-refractivity contribution in [3.05, 3.63) is 40.9 Å². The number of hydrogen-bond acceptors (Lipinski definition) is 4. The smallest absolute Gasteiger partial charge is 0.139 e. The topological polar surface area (TPSA) is 43.2 Å². The first kappa shape index (κ1) is 21.7. The molecule has 0 aromatic carbocycles. The normalized spacial score (nSPS) is 19.3. The van der Waals surface area contributed by atoms with Crippen molar-refractivity contribution in [1.29, 1.82) is 0 Å². The highest BCUT2D eigenvalue weighted by atomic mass is 35.5. The van der Waals surface area contributed by atoms with Crippen molar-refractivity contribution in [2.24, 2.45) is 11.8 Å². The fourth-order valence-corrected chi connectivity index (χ4v) is 3.90. The van der Waals surface area contributed by atoms with Crippen molar-refractivity contribution in [3.63, 3.8) is 0 Å². The Kier molecular flexibility index (Phi) is 7.57. The highest BCUT2D eigenvalue weighted by Gasteiger charge is 2.22. The maximum absolute atomic E-state index is 6.15. The minimum Gasteiger partial charge on any atom is -0.492 e. The average Bonchev–Trinajstić information content (AvgIpc) is 3.16.